The minimum absolute atomic E-state index is 0.00257. The van der Waals surface area contributed by atoms with Gasteiger partial charge < -0.3 is 15.2 Å². The third-order valence-electron chi connectivity index (χ3n) is 4.84. The lowest BCUT2D eigenvalue weighted by molar-refractivity contribution is 0.237. The molecule has 6 nitrogen and oxygen atoms in total. The molecule has 24 heavy (non-hydrogen) atoms. The zero-order valence-corrected chi connectivity index (χ0v) is 13.5. The summed E-state index contributed by atoms with van der Waals surface area (Å²) in [6.45, 7) is 1.93. The van der Waals surface area contributed by atoms with Crippen LogP contribution in [-0.2, 0) is 25.9 Å². The Labute approximate surface area is 139 Å². The maximum absolute atomic E-state index is 12.3. The molecule has 0 bridgehead atoms. The first-order valence-electron chi connectivity index (χ1n) is 8.42. The molecule has 2 aromatic rings. The minimum atomic E-state index is 0.00257. The molecule has 1 aromatic carbocycles. The first-order chi connectivity index (χ1) is 11.6. The molecule has 3 N–H and O–H groups in total. The number of rotatable bonds is 4. The van der Waals surface area contributed by atoms with Crippen LogP contribution < -0.4 is 5.56 Å². The fourth-order valence-electron chi connectivity index (χ4n) is 3.30. The summed E-state index contributed by atoms with van der Waals surface area (Å²) in [6, 6.07) is 4.65. The third kappa shape index (κ3) is 3.14. The van der Waals surface area contributed by atoms with Crippen molar-refractivity contribution >= 4 is 0 Å². The number of phenolic OH excluding ortho intramolecular Hbond substituents is 2. The van der Waals surface area contributed by atoms with Crippen LogP contribution in [0.4, 0.5) is 0 Å². The van der Waals surface area contributed by atoms with Gasteiger partial charge in [-0.05, 0) is 31.2 Å². The van der Waals surface area contributed by atoms with Crippen molar-refractivity contribution in [1.82, 2.24) is 14.9 Å². The Bertz CT molecular complexity index is 827. The maximum atomic E-state index is 12.3. The molecule has 0 saturated heterocycles. The van der Waals surface area contributed by atoms with E-state index < -0.39 is 0 Å². The minimum Gasteiger partial charge on any atom is -0.508 e. The van der Waals surface area contributed by atoms with Crippen molar-refractivity contribution in [2.45, 2.75) is 38.8 Å². The average molecular weight is 327 g/mol. The first kappa shape index (κ1) is 15.2. The van der Waals surface area contributed by atoms with Gasteiger partial charge in [0.1, 0.15) is 17.3 Å². The van der Waals surface area contributed by atoms with Crippen LogP contribution in [-0.4, -0.2) is 31.6 Å². The zero-order valence-electron chi connectivity index (χ0n) is 13.5. The van der Waals surface area contributed by atoms with Gasteiger partial charge in [-0.3, -0.25) is 9.69 Å². The van der Waals surface area contributed by atoms with Crippen LogP contribution in [0.3, 0.4) is 0 Å². The monoisotopic (exact) mass is 327 g/mol. The molecule has 1 saturated carbocycles. The van der Waals surface area contributed by atoms with E-state index in [4.69, 9.17) is 0 Å². The second kappa shape index (κ2) is 5.94. The predicted molar refractivity (Wildman–Crippen MR) is 88.9 cm³/mol. The van der Waals surface area contributed by atoms with Crippen LogP contribution in [0.15, 0.2) is 23.0 Å². The number of phenols is 2. The van der Waals surface area contributed by atoms with Gasteiger partial charge in [-0.2, -0.15) is 0 Å². The number of hydrogen-bond acceptors (Lipinski definition) is 5. The molecule has 6 heteroatoms. The Morgan fingerprint density at radius 3 is 2.88 bits per heavy atom. The fraction of sp³-hybridized carbons (Fsp3) is 0.444. The molecular formula is C18H21N3O3. The number of H-pyrrole nitrogens is 1. The highest BCUT2D eigenvalue weighted by atomic mass is 16.3. The highest BCUT2D eigenvalue weighted by Crippen LogP contribution is 2.32. The standard InChI is InChI=1S/C18H21N3O3/c22-13-4-3-12(16(23)8-13)9-21-6-5-14-15(10-21)19-17(20-18(14)24)7-11-1-2-11/h3-4,8,11,22-23H,1-2,5-7,9-10H2,(H,19,20,24). The molecule has 1 aromatic heterocycles. The number of aromatic hydroxyl groups is 2. The number of fused-ring (bicyclic) bond motifs is 1. The largest absolute Gasteiger partial charge is 0.508 e. The number of aromatic amines is 1. The van der Waals surface area contributed by atoms with Crippen LogP contribution >= 0.6 is 0 Å². The van der Waals surface area contributed by atoms with Gasteiger partial charge in [-0.15, -0.1) is 0 Å². The molecule has 0 spiro atoms. The number of nitrogens with zero attached hydrogens (tertiary/aromatic N) is 2. The summed E-state index contributed by atoms with van der Waals surface area (Å²) in [7, 11) is 0. The summed E-state index contributed by atoms with van der Waals surface area (Å²) in [5.41, 5.74) is 2.42. The van der Waals surface area contributed by atoms with Crippen molar-refractivity contribution in [3.05, 3.63) is 51.2 Å². The van der Waals surface area contributed by atoms with Crippen LogP contribution in [0, 0.1) is 5.92 Å². The topological polar surface area (TPSA) is 89.5 Å². The average Bonchev–Trinajstić information content (AvgIpc) is 3.34. The summed E-state index contributed by atoms with van der Waals surface area (Å²) < 4.78 is 0. The van der Waals surface area contributed by atoms with Gasteiger partial charge in [0.15, 0.2) is 0 Å². The summed E-state index contributed by atoms with van der Waals surface area (Å²) in [4.78, 5) is 22.0. The van der Waals surface area contributed by atoms with E-state index in [0.29, 0.717) is 25.4 Å². The lowest BCUT2D eigenvalue weighted by atomic mass is 10.0. The van der Waals surface area contributed by atoms with Crippen molar-refractivity contribution in [2.75, 3.05) is 6.54 Å². The Kier molecular flexibility index (Phi) is 3.76. The summed E-state index contributed by atoms with van der Waals surface area (Å²) in [5.74, 6) is 1.63. The van der Waals surface area contributed by atoms with Gasteiger partial charge >= 0.3 is 0 Å². The number of benzene rings is 1. The van der Waals surface area contributed by atoms with Crippen molar-refractivity contribution < 1.29 is 10.2 Å². The van der Waals surface area contributed by atoms with E-state index in [1.807, 2.05) is 0 Å². The molecular weight excluding hydrogens is 306 g/mol. The van der Waals surface area contributed by atoms with Gasteiger partial charge in [0.05, 0.1) is 5.69 Å². The first-order valence-corrected chi connectivity index (χ1v) is 8.42. The van der Waals surface area contributed by atoms with Crippen molar-refractivity contribution in [3.8, 4) is 11.5 Å². The number of aromatic nitrogens is 2. The van der Waals surface area contributed by atoms with E-state index in [1.165, 1.54) is 18.9 Å². The lowest BCUT2D eigenvalue weighted by Crippen LogP contribution is -2.35. The van der Waals surface area contributed by atoms with Crippen molar-refractivity contribution in [1.29, 1.82) is 0 Å². The quantitative estimate of drug-likeness (QED) is 0.795. The van der Waals surface area contributed by atoms with E-state index in [9.17, 15) is 15.0 Å². The molecule has 0 atom stereocenters. The van der Waals surface area contributed by atoms with E-state index in [2.05, 4.69) is 14.9 Å². The molecule has 126 valence electrons. The summed E-state index contributed by atoms with van der Waals surface area (Å²) >= 11 is 0. The van der Waals surface area contributed by atoms with Gasteiger partial charge in [0, 0.05) is 43.2 Å². The van der Waals surface area contributed by atoms with Crippen molar-refractivity contribution in [2.24, 2.45) is 5.92 Å². The predicted octanol–water partition coefficient (Wildman–Crippen LogP) is 1.69. The molecule has 0 radical (unpaired) electrons. The Morgan fingerprint density at radius 2 is 2.12 bits per heavy atom. The SMILES string of the molecule is O=c1[nH]c(CC2CC2)nc2c1CCN(Cc1ccc(O)cc1O)C2. The molecule has 0 amide bonds. The van der Waals surface area contributed by atoms with Crippen LogP contribution in [0.5, 0.6) is 11.5 Å². The maximum Gasteiger partial charge on any atom is 0.254 e. The molecule has 4 rings (SSSR count). The highest BCUT2D eigenvalue weighted by molar-refractivity contribution is 5.39. The van der Waals surface area contributed by atoms with Crippen LogP contribution in [0.2, 0.25) is 0 Å². The lowest BCUT2D eigenvalue weighted by Gasteiger charge is -2.28. The molecule has 2 heterocycles. The molecule has 0 unspecified atom stereocenters. The Hall–Kier alpha value is -2.34. The molecule has 1 aliphatic heterocycles. The smallest absolute Gasteiger partial charge is 0.254 e. The fourth-order valence-corrected chi connectivity index (χ4v) is 3.30. The zero-order chi connectivity index (χ0) is 16.7. The number of nitrogens with one attached hydrogen (secondary N) is 1. The van der Waals surface area contributed by atoms with Crippen molar-refractivity contribution in [3.63, 3.8) is 0 Å². The highest BCUT2D eigenvalue weighted by Gasteiger charge is 2.25. The summed E-state index contributed by atoms with van der Waals surface area (Å²) in [6.07, 6.45) is 3.99. The van der Waals surface area contributed by atoms with E-state index in [1.54, 1.807) is 12.1 Å². The Balaban J connectivity index is 1.53. The van der Waals surface area contributed by atoms with Gasteiger partial charge in [-0.25, -0.2) is 4.98 Å². The second-order valence-corrected chi connectivity index (χ2v) is 6.86. The third-order valence-corrected chi connectivity index (χ3v) is 4.84. The number of hydrogen-bond donors (Lipinski definition) is 3. The Morgan fingerprint density at radius 1 is 1.29 bits per heavy atom. The molecule has 1 aliphatic carbocycles. The van der Waals surface area contributed by atoms with E-state index in [-0.39, 0.29) is 17.1 Å². The summed E-state index contributed by atoms with van der Waals surface area (Å²) in [5, 5.41) is 19.3. The van der Waals surface area contributed by atoms with Gasteiger partial charge in [-0.1, -0.05) is 6.07 Å². The van der Waals surface area contributed by atoms with E-state index >= 15 is 0 Å². The molecule has 2 aliphatic rings. The van der Waals surface area contributed by atoms with Crippen LogP contribution in [0.25, 0.3) is 0 Å². The van der Waals surface area contributed by atoms with Gasteiger partial charge in [0.2, 0.25) is 0 Å². The van der Waals surface area contributed by atoms with Crippen LogP contribution in [0.1, 0.15) is 35.5 Å². The normalized spacial score (nSPS) is 17.7. The van der Waals surface area contributed by atoms with Gasteiger partial charge in [0.25, 0.3) is 5.56 Å². The molecule has 1 fully saturated rings. The second-order valence-electron chi connectivity index (χ2n) is 6.86. The van der Waals surface area contributed by atoms with E-state index in [0.717, 1.165) is 35.6 Å².